The average Bonchev–Trinajstić information content (AvgIpc) is 2.47. The predicted octanol–water partition coefficient (Wildman–Crippen LogP) is 3.57. The smallest absolute Gasteiger partial charge is 0.127 e. The summed E-state index contributed by atoms with van der Waals surface area (Å²) >= 11 is 0. The molecule has 0 saturated carbocycles. The molecule has 2 N–H and O–H groups in total. The summed E-state index contributed by atoms with van der Waals surface area (Å²) in [5.74, 6) is -0.166. The molecule has 0 aliphatic carbocycles. The summed E-state index contributed by atoms with van der Waals surface area (Å²) in [6.45, 7) is 5.27. The van der Waals surface area contributed by atoms with Crippen molar-refractivity contribution in [3.63, 3.8) is 0 Å². The largest absolute Gasteiger partial charge is 0.329 e. The Morgan fingerprint density at radius 1 is 1.10 bits per heavy atom. The van der Waals surface area contributed by atoms with Crippen molar-refractivity contribution in [1.82, 2.24) is 4.90 Å². The molecule has 0 spiro atoms. The van der Waals surface area contributed by atoms with Crippen LogP contribution in [0.3, 0.4) is 0 Å². The fourth-order valence-corrected chi connectivity index (χ4v) is 2.68. The molecule has 0 amide bonds. The lowest BCUT2D eigenvalue weighted by Gasteiger charge is -2.29. The molecule has 1 atom stereocenters. The number of hydrogen-bond donors (Lipinski definition) is 1. The molecule has 0 aliphatic heterocycles. The van der Waals surface area contributed by atoms with E-state index in [1.807, 2.05) is 19.2 Å². The van der Waals surface area contributed by atoms with Crippen LogP contribution in [-0.4, -0.2) is 18.5 Å². The van der Waals surface area contributed by atoms with Gasteiger partial charge in [-0.15, -0.1) is 0 Å². The number of hydrogen-bond acceptors (Lipinski definition) is 2. The molecule has 1 unspecified atom stereocenters. The fraction of sp³-hybridized carbons (Fsp3) is 0.333. The van der Waals surface area contributed by atoms with Gasteiger partial charge in [0, 0.05) is 24.7 Å². The molecule has 0 bridgehead atoms. The molecule has 0 fully saturated rings. The van der Waals surface area contributed by atoms with Crippen molar-refractivity contribution in [1.29, 1.82) is 0 Å². The van der Waals surface area contributed by atoms with Crippen molar-refractivity contribution in [2.75, 3.05) is 13.6 Å². The number of nitrogens with two attached hydrogens (primary N) is 1. The van der Waals surface area contributed by atoms with Gasteiger partial charge in [0.15, 0.2) is 0 Å². The van der Waals surface area contributed by atoms with E-state index in [-0.39, 0.29) is 11.9 Å². The van der Waals surface area contributed by atoms with Gasteiger partial charge in [0.25, 0.3) is 0 Å². The molecular weight excluding hydrogens is 263 g/mol. The van der Waals surface area contributed by atoms with Gasteiger partial charge in [0.2, 0.25) is 0 Å². The SMILES string of the molecule is Cc1cccc(C(CN)N(C)Cc2ccccc2F)c1C. The number of halogens is 1. The van der Waals surface area contributed by atoms with Gasteiger partial charge in [-0.25, -0.2) is 4.39 Å². The zero-order valence-electron chi connectivity index (χ0n) is 12.9. The molecule has 0 aromatic heterocycles. The second-order valence-electron chi connectivity index (χ2n) is 5.55. The van der Waals surface area contributed by atoms with Crippen molar-refractivity contribution in [2.24, 2.45) is 5.73 Å². The maximum Gasteiger partial charge on any atom is 0.127 e. The molecule has 3 heteroatoms. The number of nitrogens with zero attached hydrogens (tertiary/aromatic N) is 1. The maximum atomic E-state index is 13.8. The van der Waals surface area contributed by atoms with Crippen molar-refractivity contribution < 1.29 is 4.39 Å². The van der Waals surface area contributed by atoms with Crippen LogP contribution in [0.15, 0.2) is 42.5 Å². The Labute approximate surface area is 126 Å². The Hall–Kier alpha value is -1.71. The number of likely N-dealkylation sites (N-methyl/N-ethyl adjacent to an activating group) is 1. The third-order valence-electron chi connectivity index (χ3n) is 4.14. The van der Waals surface area contributed by atoms with Crippen LogP contribution in [0, 0.1) is 19.7 Å². The van der Waals surface area contributed by atoms with E-state index < -0.39 is 0 Å². The van der Waals surface area contributed by atoms with Crippen LogP contribution < -0.4 is 5.73 Å². The molecule has 0 saturated heterocycles. The van der Waals surface area contributed by atoms with E-state index in [9.17, 15) is 4.39 Å². The standard InChI is InChI=1S/C18H23FN2/c1-13-7-6-9-16(14(13)2)18(11-20)21(3)12-15-8-4-5-10-17(15)19/h4-10,18H,11-12,20H2,1-3H3. The Bertz CT molecular complexity index is 610. The molecule has 2 rings (SSSR count). The van der Waals surface area contributed by atoms with E-state index in [2.05, 4.69) is 36.9 Å². The zero-order valence-corrected chi connectivity index (χ0v) is 12.9. The lowest BCUT2D eigenvalue weighted by Crippen LogP contribution is -2.31. The van der Waals surface area contributed by atoms with Crippen LogP contribution in [0.25, 0.3) is 0 Å². The van der Waals surface area contributed by atoms with E-state index >= 15 is 0 Å². The van der Waals surface area contributed by atoms with Gasteiger partial charge in [-0.2, -0.15) is 0 Å². The molecule has 112 valence electrons. The average molecular weight is 286 g/mol. The first-order chi connectivity index (χ1) is 10.0. The second kappa shape index (κ2) is 6.83. The van der Waals surface area contributed by atoms with Crippen molar-refractivity contribution in [3.05, 3.63) is 70.5 Å². The van der Waals surface area contributed by atoms with Crippen LogP contribution >= 0.6 is 0 Å². The number of benzene rings is 2. The molecule has 21 heavy (non-hydrogen) atoms. The van der Waals surface area contributed by atoms with E-state index in [1.165, 1.54) is 22.8 Å². The first-order valence-electron chi connectivity index (χ1n) is 7.24. The van der Waals surface area contributed by atoms with Gasteiger partial charge >= 0.3 is 0 Å². The van der Waals surface area contributed by atoms with E-state index in [0.29, 0.717) is 18.7 Å². The highest BCUT2D eigenvalue weighted by molar-refractivity contribution is 5.35. The molecular formula is C18H23FN2. The second-order valence-corrected chi connectivity index (χ2v) is 5.55. The lowest BCUT2D eigenvalue weighted by molar-refractivity contribution is 0.238. The highest BCUT2D eigenvalue weighted by Crippen LogP contribution is 2.25. The first-order valence-corrected chi connectivity index (χ1v) is 7.24. The molecule has 2 aromatic carbocycles. The summed E-state index contributed by atoms with van der Waals surface area (Å²) in [5, 5.41) is 0. The van der Waals surface area contributed by atoms with E-state index in [1.54, 1.807) is 6.07 Å². The van der Waals surface area contributed by atoms with Gasteiger partial charge in [-0.3, -0.25) is 4.90 Å². The maximum absolute atomic E-state index is 13.8. The van der Waals surface area contributed by atoms with Crippen LogP contribution in [0.5, 0.6) is 0 Å². The summed E-state index contributed by atoms with van der Waals surface area (Å²) in [6.07, 6.45) is 0. The van der Waals surface area contributed by atoms with Crippen LogP contribution in [-0.2, 0) is 6.54 Å². The van der Waals surface area contributed by atoms with Gasteiger partial charge in [-0.05, 0) is 43.7 Å². The van der Waals surface area contributed by atoms with E-state index in [0.717, 1.165) is 0 Å². The Morgan fingerprint density at radius 2 is 1.81 bits per heavy atom. The minimum atomic E-state index is -0.166. The van der Waals surface area contributed by atoms with Crippen molar-refractivity contribution >= 4 is 0 Å². The quantitative estimate of drug-likeness (QED) is 0.910. The fourth-order valence-electron chi connectivity index (χ4n) is 2.68. The van der Waals surface area contributed by atoms with Gasteiger partial charge in [0.1, 0.15) is 5.82 Å². The monoisotopic (exact) mass is 286 g/mol. The van der Waals surface area contributed by atoms with Crippen LogP contribution in [0.1, 0.15) is 28.3 Å². The highest BCUT2D eigenvalue weighted by Gasteiger charge is 2.19. The third-order valence-corrected chi connectivity index (χ3v) is 4.14. The van der Waals surface area contributed by atoms with Crippen LogP contribution in [0.2, 0.25) is 0 Å². The Kier molecular flexibility index (Phi) is 5.10. The zero-order chi connectivity index (χ0) is 15.4. The molecule has 2 nitrogen and oxygen atoms in total. The first kappa shape index (κ1) is 15.7. The summed E-state index contributed by atoms with van der Waals surface area (Å²) < 4.78 is 13.8. The molecule has 0 aliphatic rings. The topological polar surface area (TPSA) is 29.3 Å². The number of rotatable bonds is 5. The summed E-state index contributed by atoms with van der Waals surface area (Å²) in [4.78, 5) is 2.11. The molecule has 0 heterocycles. The minimum Gasteiger partial charge on any atom is -0.329 e. The molecule has 2 aromatic rings. The van der Waals surface area contributed by atoms with Gasteiger partial charge in [0.05, 0.1) is 0 Å². The molecule has 0 radical (unpaired) electrons. The number of aryl methyl sites for hydroxylation is 1. The summed E-state index contributed by atoms with van der Waals surface area (Å²) in [7, 11) is 1.99. The van der Waals surface area contributed by atoms with Gasteiger partial charge in [-0.1, -0.05) is 36.4 Å². The third kappa shape index (κ3) is 3.49. The summed E-state index contributed by atoms with van der Waals surface area (Å²) in [5.41, 5.74) is 10.4. The summed E-state index contributed by atoms with van der Waals surface area (Å²) in [6, 6.07) is 13.2. The Balaban J connectivity index is 2.25. The predicted molar refractivity (Wildman–Crippen MR) is 85.6 cm³/mol. The highest BCUT2D eigenvalue weighted by atomic mass is 19.1. The minimum absolute atomic E-state index is 0.0875. The van der Waals surface area contributed by atoms with Gasteiger partial charge < -0.3 is 5.73 Å². The van der Waals surface area contributed by atoms with Crippen molar-refractivity contribution in [2.45, 2.75) is 26.4 Å². The van der Waals surface area contributed by atoms with Crippen molar-refractivity contribution in [3.8, 4) is 0 Å². The Morgan fingerprint density at radius 3 is 2.48 bits per heavy atom. The van der Waals surface area contributed by atoms with E-state index in [4.69, 9.17) is 5.73 Å². The lowest BCUT2D eigenvalue weighted by atomic mass is 9.96. The van der Waals surface area contributed by atoms with Crippen LogP contribution in [0.4, 0.5) is 4.39 Å². The normalized spacial score (nSPS) is 12.7.